The molecule has 1 aromatic rings. The minimum atomic E-state index is -0.178. The van der Waals surface area contributed by atoms with Gasteiger partial charge in [-0.2, -0.15) is 10.2 Å². The second kappa shape index (κ2) is 10.2. The summed E-state index contributed by atoms with van der Waals surface area (Å²) >= 11 is 0. The fourth-order valence-electron chi connectivity index (χ4n) is 1.35. The number of hydrogen-bond acceptors (Lipinski definition) is 5. The number of nitrogens with two attached hydrogens (primary N) is 4. The molecule has 9 nitrogen and oxygen atoms in total. The molecule has 0 aliphatic rings. The number of nitrogens with zero attached hydrogens (tertiary/aromatic N) is 4. The summed E-state index contributed by atoms with van der Waals surface area (Å²) in [5.74, 6) is -0.398. The molecule has 0 aromatic heterocycles. The Hall–Kier alpha value is -2.52. The van der Waals surface area contributed by atoms with Crippen molar-refractivity contribution < 1.29 is 5.11 Å². The molecule has 9 N–H and O–H groups in total. The van der Waals surface area contributed by atoms with Crippen LogP contribution in [0, 0.1) is 6.92 Å². The lowest BCUT2D eigenvalue weighted by Crippen LogP contribution is -2.21. The fourth-order valence-corrected chi connectivity index (χ4v) is 1.35. The van der Waals surface area contributed by atoms with E-state index in [0.29, 0.717) is 11.1 Å². The Morgan fingerprint density at radius 1 is 0.909 bits per heavy atom. The monoisotopic (exact) mass is 348 g/mol. The maximum atomic E-state index is 10.0. The van der Waals surface area contributed by atoms with E-state index in [9.17, 15) is 5.11 Å². The Labute approximate surface area is 139 Å². The summed E-state index contributed by atoms with van der Waals surface area (Å²) in [7, 11) is 0. The van der Waals surface area contributed by atoms with Crippen LogP contribution in [-0.4, -0.2) is 29.5 Å². The highest BCUT2D eigenvalue weighted by atomic mass is 35.5. The molecular formula is C11H18Cl2N8O. The van der Waals surface area contributed by atoms with Gasteiger partial charge in [0.2, 0.25) is 11.9 Å². The number of guanidine groups is 2. The largest absolute Gasteiger partial charge is 0.507 e. The highest BCUT2D eigenvalue weighted by molar-refractivity contribution is 5.92. The molecule has 0 aliphatic carbocycles. The SMILES string of the molecule is Cc1cc(/C=N/N=C(N)N)c(O)c(/C=N/N=C(N)N)c1.Cl.Cl. The molecule has 1 aromatic carbocycles. The Bertz CT molecular complexity index is 555. The van der Waals surface area contributed by atoms with Crippen LogP contribution in [0.3, 0.4) is 0 Å². The molecule has 0 bridgehead atoms. The molecule has 0 radical (unpaired) electrons. The topological polar surface area (TPSA) is 174 Å². The summed E-state index contributed by atoms with van der Waals surface area (Å²) < 4.78 is 0. The Morgan fingerprint density at radius 3 is 1.59 bits per heavy atom. The van der Waals surface area contributed by atoms with Crippen molar-refractivity contribution in [3.8, 4) is 5.75 Å². The summed E-state index contributed by atoms with van der Waals surface area (Å²) in [6.45, 7) is 1.84. The number of aryl methyl sites for hydroxylation is 1. The van der Waals surface area contributed by atoms with Gasteiger partial charge in [0.05, 0.1) is 12.4 Å². The van der Waals surface area contributed by atoms with E-state index in [4.69, 9.17) is 22.9 Å². The van der Waals surface area contributed by atoms with E-state index in [1.807, 2.05) is 6.92 Å². The second-order valence-electron chi connectivity index (χ2n) is 3.83. The average molecular weight is 349 g/mol. The van der Waals surface area contributed by atoms with Crippen molar-refractivity contribution in [2.24, 2.45) is 43.3 Å². The predicted molar refractivity (Wildman–Crippen MR) is 94.1 cm³/mol. The highest BCUT2D eigenvalue weighted by Gasteiger charge is 2.05. The van der Waals surface area contributed by atoms with Crippen molar-refractivity contribution in [2.45, 2.75) is 6.92 Å². The molecule has 122 valence electrons. The third-order valence-electron chi connectivity index (χ3n) is 2.05. The van der Waals surface area contributed by atoms with Gasteiger partial charge in [0.15, 0.2) is 0 Å². The third-order valence-corrected chi connectivity index (χ3v) is 2.05. The van der Waals surface area contributed by atoms with Crippen LogP contribution < -0.4 is 22.9 Å². The summed E-state index contributed by atoms with van der Waals surface area (Å²) in [6.07, 6.45) is 2.64. The first kappa shape index (κ1) is 21.8. The van der Waals surface area contributed by atoms with E-state index in [1.165, 1.54) is 12.4 Å². The Balaban J connectivity index is 0. The lowest BCUT2D eigenvalue weighted by atomic mass is 10.1. The fraction of sp³-hybridized carbons (Fsp3) is 0.0909. The first-order valence-corrected chi connectivity index (χ1v) is 5.47. The lowest BCUT2D eigenvalue weighted by molar-refractivity contribution is 0.473. The molecule has 0 saturated carbocycles. The van der Waals surface area contributed by atoms with Crippen LogP contribution in [0.1, 0.15) is 16.7 Å². The first-order chi connectivity index (χ1) is 9.40. The van der Waals surface area contributed by atoms with Crippen LogP contribution in [0.25, 0.3) is 0 Å². The molecule has 1 rings (SSSR count). The zero-order valence-corrected chi connectivity index (χ0v) is 13.3. The van der Waals surface area contributed by atoms with Crippen LogP contribution in [0.5, 0.6) is 5.75 Å². The van der Waals surface area contributed by atoms with Gasteiger partial charge >= 0.3 is 0 Å². The summed E-state index contributed by atoms with van der Waals surface area (Å²) in [6, 6.07) is 3.41. The molecule has 0 atom stereocenters. The number of hydrogen-bond donors (Lipinski definition) is 5. The van der Waals surface area contributed by atoms with Crippen molar-refractivity contribution in [2.75, 3.05) is 0 Å². The van der Waals surface area contributed by atoms with Gasteiger partial charge in [-0.1, -0.05) is 0 Å². The molecular weight excluding hydrogens is 331 g/mol. The number of rotatable bonds is 4. The number of aromatic hydroxyl groups is 1. The van der Waals surface area contributed by atoms with Crippen LogP contribution in [-0.2, 0) is 0 Å². The van der Waals surface area contributed by atoms with Gasteiger partial charge in [0.25, 0.3) is 0 Å². The lowest BCUT2D eigenvalue weighted by Gasteiger charge is -2.04. The quantitative estimate of drug-likeness (QED) is 0.286. The van der Waals surface area contributed by atoms with Crippen molar-refractivity contribution in [1.29, 1.82) is 0 Å². The average Bonchev–Trinajstić information content (AvgIpc) is 2.33. The van der Waals surface area contributed by atoms with Gasteiger partial charge in [-0.25, -0.2) is 0 Å². The summed E-state index contributed by atoms with van der Waals surface area (Å²) in [4.78, 5) is 0. The third kappa shape index (κ3) is 7.31. The Kier molecular flexibility index (Phi) is 10.1. The number of benzene rings is 1. The smallest absolute Gasteiger partial charge is 0.211 e. The Morgan fingerprint density at radius 2 is 1.27 bits per heavy atom. The van der Waals surface area contributed by atoms with E-state index < -0.39 is 0 Å². The highest BCUT2D eigenvalue weighted by Crippen LogP contribution is 2.21. The molecule has 0 aliphatic heterocycles. The predicted octanol–water partition coefficient (Wildman–Crippen LogP) is -0.241. The van der Waals surface area contributed by atoms with Gasteiger partial charge in [-0.3, -0.25) is 0 Å². The maximum absolute atomic E-state index is 10.0. The van der Waals surface area contributed by atoms with Gasteiger partial charge in [-0.15, -0.1) is 35.0 Å². The van der Waals surface area contributed by atoms with E-state index in [0.717, 1.165) is 5.56 Å². The van der Waals surface area contributed by atoms with Crippen LogP contribution in [0.2, 0.25) is 0 Å². The second-order valence-corrected chi connectivity index (χ2v) is 3.83. The van der Waals surface area contributed by atoms with Gasteiger partial charge in [0.1, 0.15) is 5.75 Å². The van der Waals surface area contributed by atoms with E-state index in [1.54, 1.807) is 12.1 Å². The number of halogens is 2. The van der Waals surface area contributed by atoms with E-state index in [-0.39, 0.29) is 42.5 Å². The van der Waals surface area contributed by atoms with Crippen molar-refractivity contribution >= 4 is 49.2 Å². The molecule has 0 unspecified atom stereocenters. The van der Waals surface area contributed by atoms with E-state index in [2.05, 4.69) is 20.4 Å². The standard InChI is InChI=1S/C11H16N8O.2ClH/c1-6-2-7(4-16-18-10(12)13)9(20)8(3-6)5-17-19-11(14)15;;/h2-5,20H,1H3,(H4,12,13,18)(H4,14,15,19);2*1H/b16-4+,17-5+;;. The van der Waals surface area contributed by atoms with Crippen molar-refractivity contribution in [1.82, 2.24) is 0 Å². The normalized spacial score (nSPS) is 9.86. The molecule has 0 saturated heterocycles. The molecule has 0 heterocycles. The zero-order valence-electron chi connectivity index (χ0n) is 11.7. The molecule has 22 heavy (non-hydrogen) atoms. The molecule has 0 fully saturated rings. The van der Waals surface area contributed by atoms with Crippen molar-refractivity contribution in [3.05, 3.63) is 28.8 Å². The van der Waals surface area contributed by atoms with Crippen LogP contribution >= 0.6 is 24.8 Å². The molecule has 0 spiro atoms. The minimum Gasteiger partial charge on any atom is -0.507 e. The van der Waals surface area contributed by atoms with E-state index >= 15 is 0 Å². The summed E-state index contributed by atoms with van der Waals surface area (Å²) in [5.41, 5.74) is 22.3. The van der Waals surface area contributed by atoms with Gasteiger partial charge in [-0.05, 0) is 24.6 Å². The number of phenolic OH excluding ortho intramolecular Hbond substituents is 1. The van der Waals surface area contributed by atoms with Gasteiger partial charge in [0, 0.05) is 11.1 Å². The minimum absolute atomic E-state index is 0. The zero-order chi connectivity index (χ0) is 15.1. The van der Waals surface area contributed by atoms with Gasteiger partial charge < -0.3 is 28.0 Å². The van der Waals surface area contributed by atoms with Crippen LogP contribution in [0.15, 0.2) is 32.5 Å². The number of phenols is 1. The first-order valence-electron chi connectivity index (χ1n) is 5.47. The molecule has 0 amide bonds. The summed E-state index contributed by atoms with van der Waals surface area (Å²) in [5, 5.41) is 24.2. The van der Waals surface area contributed by atoms with Crippen molar-refractivity contribution in [3.63, 3.8) is 0 Å². The van der Waals surface area contributed by atoms with Crippen LogP contribution in [0.4, 0.5) is 0 Å². The maximum Gasteiger partial charge on any atom is 0.211 e. The molecule has 11 heteroatoms.